The minimum atomic E-state index is -1.63. The lowest BCUT2D eigenvalue weighted by Gasteiger charge is -2.43. The summed E-state index contributed by atoms with van der Waals surface area (Å²) in [5.74, 6) is -1.87. The molecule has 1 aliphatic rings. The van der Waals surface area contributed by atoms with Crippen LogP contribution < -0.4 is 0 Å². The molecule has 1 aromatic heterocycles. The number of ether oxygens (including phenoxy) is 3. The number of hydrogen-bond donors (Lipinski definition) is 1. The van der Waals surface area contributed by atoms with Crippen LogP contribution in [0.5, 0.6) is 0 Å². The van der Waals surface area contributed by atoms with Gasteiger partial charge in [0.15, 0.2) is 0 Å². The van der Waals surface area contributed by atoms with Crippen molar-refractivity contribution in [2.24, 2.45) is 0 Å². The maximum absolute atomic E-state index is 13.4. The van der Waals surface area contributed by atoms with Crippen molar-refractivity contribution in [3.05, 3.63) is 154 Å². The molecule has 3 unspecified atom stereocenters. The molecule has 0 bridgehead atoms. The molecule has 2 heterocycles. The van der Waals surface area contributed by atoms with Gasteiger partial charge >= 0.3 is 0 Å². The molecule has 4 nitrogen and oxygen atoms in total. The molecule has 6 rings (SSSR count). The monoisotopic (exact) mass is 608 g/mol. The first-order chi connectivity index (χ1) is 21.5. The van der Waals surface area contributed by atoms with Gasteiger partial charge in [-0.05, 0) is 77.9 Å². The van der Waals surface area contributed by atoms with E-state index in [9.17, 15) is 9.50 Å². The molecule has 226 valence electrons. The van der Waals surface area contributed by atoms with Crippen molar-refractivity contribution < 1.29 is 23.7 Å². The molecule has 1 saturated heterocycles. The van der Waals surface area contributed by atoms with Crippen molar-refractivity contribution in [1.82, 2.24) is 0 Å². The summed E-state index contributed by atoms with van der Waals surface area (Å²) in [5.41, 5.74) is 6.06. The number of thiophene rings is 1. The van der Waals surface area contributed by atoms with Crippen LogP contribution in [0.3, 0.4) is 0 Å². The molecule has 0 radical (unpaired) electrons. The fraction of sp³-hybridized carbons (Fsp3) is 0.263. The lowest BCUT2D eigenvalue weighted by molar-refractivity contribution is -0.325. The molecule has 1 N–H and O–H groups in total. The van der Waals surface area contributed by atoms with Crippen molar-refractivity contribution in [3.8, 4) is 10.4 Å². The summed E-state index contributed by atoms with van der Waals surface area (Å²) in [6.07, 6.45) is 1.24. The molecule has 3 atom stereocenters. The average Bonchev–Trinajstić information content (AvgIpc) is 3.51. The molecule has 6 heteroatoms. The number of aliphatic hydroxyl groups is 1. The second kappa shape index (κ2) is 14.0. The Kier molecular flexibility index (Phi) is 9.65. The lowest BCUT2D eigenvalue weighted by atomic mass is 9.89. The van der Waals surface area contributed by atoms with Crippen LogP contribution in [-0.2, 0) is 39.6 Å². The van der Waals surface area contributed by atoms with E-state index in [-0.39, 0.29) is 11.9 Å². The van der Waals surface area contributed by atoms with Gasteiger partial charge in [0.25, 0.3) is 0 Å². The van der Waals surface area contributed by atoms with Gasteiger partial charge in [-0.1, -0.05) is 84.9 Å². The summed E-state index contributed by atoms with van der Waals surface area (Å²) in [5, 5.41) is 12.3. The largest absolute Gasteiger partial charge is 0.374 e. The number of aryl methyl sites for hydroxylation is 1. The van der Waals surface area contributed by atoms with Crippen molar-refractivity contribution >= 4 is 11.3 Å². The van der Waals surface area contributed by atoms with Crippen LogP contribution in [0, 0.1) is 12.7 Å². The van der Waals surface area contributed by atoms with Crippen LogP contribution in [0.1, 0.15) is 45.5 Å². The molecule has 44 heavy (non-hydrogen) atoms. The topological polar surface area (TPSA) is 47.9 Å². The minimum absolute atomic E-state index is 0.239. The van der Waals surface area contributed by atoms with Gasteiger partial charge in [0.2, 0.25) is 5.79 Å². The zero-order valence-electron chi connectivity index (χ0n) is 24.8. The van der Waals surface area contributed by atoms with E-state index in [4.69, 9.17) is 14.2 Å². The highest BCUT2D eigenvalue weighted by Gasteiger charge is 2.46. The zero-order chi connectivity index (χ0) is 30.4. The van der Waals surface area contributed by atoms with Gasteiger partial charge < -0.3 is 19.3 Å². The SMILES string of the molecule is Cc1ccc(C2(O)OC(COCc3ccccc3)CCC2OCc2ccccc2)cc1Cc1ccc(-c2ccc(F)cc2)s1. The van der Waals surface area contributed by atoms with E-state index in [0.29, 0.717) is 38.2 Å². The number of halogens is 1. The van der Waals surface area contributed by atoms with Crippen LogP contribution in [-0.4, -0.2) is 23.9 Å². The van der Waals surface area contributed by atoms with Gasteiger partial charge in [0.05, 0.1) is 25.9 Å². The third-order valence-electron chi connectivity index (χ3n) is 8.16. The van der Waals surface area contributed by atoms with Crippen LogP contribution in [0.2, 0.25) is 0 Å². The molecular weight excluding hydrogens is 571 g/mol. The highest BCUT2D eigenvalue weighted by Crippen LogP contribution is 2.39. The predicted octanol–water partition coefficient (Wildman–Crippen LogP) is 8.58. The number of benzene rings is 4. The maximum Gasteiger partial charge on any atom is 0.219 e. The maximum atomic E-state index is 13.4. The zero-order valence-corrected chi connectivity index (χ0v) is 25.6. The van der Waals surface area contributed by atoms with Gasteiger partial charge in [-0.3, -0.25) is 0 Å². The molecule has 0 aliphatic carbocycles. The van der Waals surface area contributed by atoms with Gasteiger partial charge in [0, 0.05) is 21.7 Å². The van der Waals surface area contributed by atoms with E-state index in [2.05, 4.69) is 25.1 Å². The molecule has 0 spiro atoms. The molecule has 1 aliphatic heterocycles. The highest BCUT2D eigenvalue weighted by molar-refractivity contribution is 7.15. The van der Waals surface area contributed by atoms with E-state index in [1.807, 2.05) is 84.9 Å². The predicted molar refractivity (Wildman–Crippen MR) is 173 cm³/mol. The van der Waals surface area contributed by atoms with Crippen LogP contribution in [0.15, 0.2) is 115 Å². The summed E-state index contributed by atoms with van der Waals surface area (Å²) in [7, 11) is 0. The summed E-state index contributed by atoms with van der Waals surface area (Å²) in [6.45, 7) is 3.33. The Morgan fingerprint density at radius 2 is 1.55 bits per heavy atom. The van der Waals surface area contributed by atoms with Gasteiger partial charge in [-0.25, -0.2) is 4.39 Å². The Morgan fingerprint density at radius 3 is 2.27 bits per heavy atom. The third-order valence-corrected chi connectivity index (χ3v) is 9.30. The first kappa shape index (κ1) is 30.4. The number of rotatable bonds is 11. The summed E-state index contributed by atoms with van der Waals surface area (Å²) >= 11 is 1.69. The van der Waals surface area contributed by atoms with E-state index < -0.39 is 11.9 Å². The first-order valence-electron chi connectivity index (χ1n) is 15.1. The standard InChI is InChI=1S/C38H37FO4S/c1-27-12-15-32(22-31(27)23-35-19-20-36(44-35)30-13-16-33(39)17-14-30)38(40)37(42-25-29-10-6-3-7-11-29)21-18-34(43-38)26-41-24-28-8-4-2-5-9-28/h2-17,19-20,22,34,37,40H,18,21,23-26H2,1H3. The fourth-order valence-electron chi connectivity index (χ4n) is 5.66. The first-order valence-corrected chi connectivity index (χ1v) is 15.9. The van der Waals surface area contributed by atoms with Crippen molar-refractivity contribution in [2.45, 2.75) is 57.4 Å². The second-order valence-electron chi connectivity index (χ2n) is 11.4. The van der Waals surface area contributed by atoms with E-state index >= 15 is 0 Å². The third kappa shape index (κ3) is 7.34. The van der Waals surface area contributed by atoms with E-state index in [0.717, 1.165) is 39.1 Å². The van der Waals surface area contributed by atoms with E-state index in [1.54, 1.807) is 11.3 Å². The van der Waals surface area contributed by atoms with Crippen molar-refractivity contribution in [3.63, 3.8) is 0 Å². The number of hydrogen-bond acceptors (Lipinski definition) is 5. The fourth-order valence-corrected chi connectivity index (χ4v) is 6.69. The normalized spacial score (nSPS) is 20.1. The molecule has 5 aromatic rings. The summed E-state index contributed by atoms with van der Waals surface area (Å²) < 4.78 is 32.3. The van der Waals surface area contributed by atoms with Crippen molar-refractivity contribution in [2.75, 3.05) is 6.61 Å². The van der Waals surface area contributed by atoms with Crippen LogP contribution in [0.25, 0.3) is 10.4 Å². The molecule has 1 fully saturated rings. The Balaban J connectivity index is 1.22. The van der Waals surface area contributed by atoms with Gasteiger partial charge in [0.1, 0.15) is 11.9 Å². The van der Waals surface area contributed by atoms with E-state index in [1.165, 1.54) is 17.0 Å². The Bertz CT molecular complexity index is 1640. The Labute approximate surface area is 262 Å². The van der Waals surface area contributed by atoms with Crippen molar-refractivity contribution in [1.29, 1.82) is 0 Å². The van der Waals surface area contributed by atoms with Crippen LogP contribution >= 0.6 is 11.3 Å². The molecule has 0 saturated carbocycles. The summed E-state index contributed by atoms with van der Waals surface area (Å²) in [6, 6.07) is 36.9. The molecular formula is C38H37FO4S. The van der Waals surface area contributed by atoms with Gasteiger partial charge in [-0.2, -0.15) is 0 Å². The molecule has 0 amide bonds. The molecule has 4 aromatic carbocycles. The second-order valence-corrected chi connectivity index (χ2v) is 12.6. The quantitative estimate of drug-likeness (QED) is 0.163. The average molecular weight is 609 g/mol. The smallest absolute Gasteiger partial charge is 0.219 e. The Morgan fingerprint density at radius 1 is 0.841 bits per heavy atom. The van der Waals surface area contributed by atoms with Gasteiger partial charge in [-0.15, -0.1) is 11.3 Å². The van der Waals surface area contributed by atoms with Crippen LogP contribution in [0.4, 0.5) is 4.39 Å². The highest BCUT2D eigenvalue weighted by atomic mass is 32.1. The lowest BCUT2D eigenvalue weighted by Crippen LogP contribution is -2.51. The minimum Gasteiger partial charge on any atom is -0.374 e. The Hall–Kier alpha value is -3.65. The summed E-state index contributed by atoms with van der Waals surface area (Å²) in [4.78, 5) is 2.28.